The average molecular weight is 257 g/mol. The van der Waals surface area contributed by atoms with Gasteiger partial charge in [-0.3, -0.25) is 4.79 Å². The van der Waals surface area contributed by atoms with Crippen molar-refractivity contribution in [2.75, 3.05) is 0 Å². The molecule has 90 valence electrons. The third kappa shape index (κ3) is 1.64. The van der Waals surface area contributed by atoms with E-state index in [9.17, 15) is 4.79 Å². The molecule has 3 rings (SSSR count). The molecule has 0 N–H and O–H groups in total. The molecule has 0 saturated carbocycles. The number of fused-ring (bicyclic) bond motifs is 1. The van der Waals surface area contributed by atoms with Crippen molar-refractivity contribution >= 4 is 28.7 Å². The van der Waals surface area contributed by atoms with Gasteiger partial charge in [-0.25, -0.2) is 9.97 Å². The summed E-state index contributed by atoms with van der Waals surface area (Å²) in [5.41, 5.74) is 3.53. The Labute approximate surface area is 108 Å². The van der Waals surface area contributed by atoms with Crippen molar-refractivity contribution in [2.24, 2.45) is 7.05 Å². The van der Waals surface area contributed by atoms with E-state index in [1.165, 1.54) is 11.3 Å². The van der Waals surface area contributed by atoms with Crippen LogP contribution in [0.15, 0.2) is 23.6 Å². The number of carbonyl (C=O) groups is 1. The SMILES string of the molecule is Cc1nc2cc(-c3nc(C=O)cs3)ccc2n1C. The zero-order valence-corrected chi connectivity index (χ0v) is 10.9. The van der Waals surface area contributed by atoms with Crippen molar-refractivity contribution < 1.29 is 4.79 Å². The van der Waals surface area contributed by atoms with Gasteiger partial charge in [0.2, 0.25) is 0 Å². The summed E-state index contributed by atoms with van der Waals surface area (Å²) in [6, 6.07) is 6.05. The number of carbonyl (C=O) groups excluding carboxylic acids is 1. The lowest BCUT2D eigenvalue weighted by atomic mass is 10.2. The van der Waals surface area contributed by atoms with Crippen LogP contribution in [0.1, 0.15) is 16.3 Å². The molecule has 0 spiro atoms. The Morgan fingerprint density at radius 1 is 1.33 bits per heavy atom. The second-order valence-electron chi connectivity index (χ2n) is 4.12. The van der Waals surface area contributed by atoms with Gasteiger partial charge in [0.05, 0.1) is 11.0 Å². The molecule has 0 unspecified atom stereocenters. The van der Waals surface area contributed by atoms with Gasteiger partial charge in [-0.05, 0) is 25.1 Å². The first-order chi connectivity index (χ1) is 8.69. The van der Waals surface area contributed by atoms with Crippen LogP contribution in [0.5, 0.6) is 0 Å². The lowest BCUT2D eigenvalue weighted by Crippen LogP contribution is -1.89. The van der Waals surface area contributed by atoms with E-state index in [1.807, 2.05) is 32.2 Å². The Bertz CT molecular complexity index is 742. The summed E-state index contributed by atoms with van der Waals surface area (Å²) in [5.74, 6) is 0.981. The summed E-state index contributed by atoms with van der Waals surface area (Å²) in [4.78, 5) is 19.4. The Morgan fingerprint density at radius 3 is 2.89 bits per heavy atom. The van der Waals surface area contributed by atoms with Crippen LogP contribution in [0.2, 0.25) is 0 Å². The van der Waals surface area contributed by atoms with Gasteiger partial charge in [0.1, 0.15) is 16.5 Å². The molecular formula is C13H11N3OS. The van der Waals surface area contributed by atoms with Crippen LogP contribution in [0.25, 0.3) is 21.6 Å². The van der Waals surface area contributed by atoms with Crippen LogP contribution in [-0.2, 0) is 7.05 Å². The molecule has 0 bridgehead atoms. The minimum atomic E-state index is 0.479. The van der Waals surface area contributed by atoms with Crippen molar-refractivity contribution in [3.05, 3.63) is 35.1 Å². The van der Waals surface area contributed by atoms with Gasteiger partial charge < -0.3 is 4.57 Å². The normalized spacial score (nSPS) is 11.0. The van der Waals surface area contributed by atoms with Crippen molar-refractivity contribution in [3.63, 3.8) is 0 Å². The van der Waals surface area contributed by atoms with Crippen LogP contribution in [0.4, 0.5) is 0 Å². The third-order valence-corrected chi connectivity index (χ3v) is 3.90. The number of benzene rings is 1. The fraction of sp³-hybridized carbons (Fsp3) is 0.154. The molecule has 5 heteroatoms. The second kappa shape index (κ2) is 4.03. The summed E-state index contributed by atoms with van der Waals surface area (Å²) >= 11 is 1.47. The number of hydrogen-bond donors (Lipinski definition) is 0. The summed E-state index contributed by atoms with van der Waals surface area (Å²) in [7, 11) is 2.00. The molecular weight excluding hydrogens is 246 g/mol. The Balaban J connectivity index is 2.15. The molecule has 2 heterocycles. The lowest BCUT2D eigenvalue weighted by Gasteiger charge is -1.98. The molecule has 0 atom stereocenters. The molecule has 0 radical (unpaired) electrons. The number of nitrogens with zero attached hydrogens (tertiary/aromatic N) is 3. The Hall–Kier alpha value is -2.01. The predicted molar refractivity (Wildman–Crippen MR) is 71.9 cm³/mol. The Morgan fingerprint density at radius 2 is 2.17 bits per heavy atom. The van der Waals surface area contributed by atoms with Crippen molar-refractivity contribution in [1.82, 2.24) is 14.5 Å². The number of rotatable bonds is 2. The monoisotopic (exact) mass is 257 g/mol. The number of aromatic nitrogens is 3. The lowest BCUT2D eigenvalue weighted by molar-refractivity contribution is 0.111. The maximum absolute atomic E-state index is 10.6. The minimum absolute atomic E-state index is 0.479. The largest absolute Gasteiger partial charge is 0.331 e. The van der Waals surface area contributed by atoms with Gasteiger partial charge in [-0.1, -0.05) is 0 Å². The summed E-state index contributed by atoms with van der Waals surface area (Å²) in [6.07, 6.45) is 0.767. The van der Waals surface area contributed by atoms with E-state index in [-0.39, 0.29) is 0 Å². The first-order valence-corrected chi connectivity index (χ1v) is 6.41. The van der Waals surface area contributed by atoms with E-state index in [1.54, 1.807) is 5.38 Å². The van der Waals surface area contributed by atoms with E-state index in [0.29, 0.717) is 5.69 Å². The highest BCUT2D eigenvalue weighted by molar-refractivity contribution is 7.13. The molecule has 0 fully saturated rings. The summed E-state index contributed by atoms with van der Waals surface area (Å²) in [6.45, 7) is 1.98. The molecule has 0 aliphatic carbocycles. The zero-order chi connectivity index (χ0) is 12.7. The second-order valence-corrected chi connectivity index (χ2v) is 4.98. The van der Waals surface area contributed by atoms with Gasteiger partial charge in [-0.15, -0.1) is 11.3 Å². The van der Waals surface area contributed by atoms with E-state index in [0.717, 1.165) is 33.7 Å². The molecule has 18 heavy (non-hydrogen) atoms. The number of aldehydes is 1. The van der Waals surface area contributed by atoms with Crippen molar-refractivity contribution in [3.8, 4) is 10.6 Å². The average Bonchev–Trinajstić information content (AvgIpc) is 2.95. The van der Waals surface area contributed by atoms with Gasteiger partial charge in [0.15, 0.2) is 6.29 Å². The molecule has 0 aliphatic rings. The number of aryl methyl sites for hydroxylation is 2. The first kappa shape index (κ1) is 11.1. The van der Waals surface area contributed by atoms with Crippen LogP contribution in [0, 0.1) is 6.92 Å². The fourth-order valence-corrected chi connectivity index (χ4v) is 2.69. The molecule has 0 aliphatic heterocycles. The maximum Gasteiger partial charge on any atom is 0.169 e. The summed E-state index contributed by atoms with van der Waals surface area (Å²) < 4.78 is 2.05. The van der Waals surface area contributed by atoms with Gasteiger partial charge >= 0.3 is 0 Å². The van der Waals surface area contributed by atoms with Crippen molar-refractivity contribution in [1.29, 1.82) is 0 Å². The smallest absolute Gasteiger partial charge is 0.169 e. The predicted octanol–water partition coefficient (Wildman–Crippen LogP) is 2.82. The molecule has 0 amide bonds. The molecule has 3 aromatic rings. The fourth-order valence-electron chi connectivity index (χ4n) is 1.93. The highest BCUT2D eigenvalue weighted by atomic mass is 32.1. The number of imidazole rings is 1. The van der Waals surface area contributed by atoms with Crippen LogP contribution in [0.3, 0.4) is 0 Å². The Kier molecular flexibility index (Phi) is 2.48. The quantitative estimate of drug-likeness (QED) is 0.663. The third-order valence-electron chi connectivity index (χ3n) is 2.99. The van der Waals surface area contributed by atoms with Crippen LogP contribution < -0.4 is 0 Å². The van der Waals surface area contributed by atoms with Gasteiger partial charge in [0.25, 0.3) is 0 Å². The molecule has 0 saturated heterocycles. The first-order valence-electron chi connectivity index (χ1n) is 5.53. The topological polar surface area (TPSA) is 47.8 Å². The zero-order valence-electron chi connectivity index (χ0n) is 10.0. The van der Waals surface area contributed by atoms with E-state index >= 15 is 0 Å². The maximum atomic E-state index is 10.6. The van der Waals surface area contributed by atoms with Crippen LogP contribution in [-0.4, -0.2) is 20.8 Å². The van der Waals surface area contributed by atoms with E-state index in [2.05, 4.69) is 14.5 Å². The van der Waals surface area contributed by atoms with Crippen molar-refractivity contribution in [2.45, 2.75) is 6.92 Å². The van der Waals surface area contributed by atoms with Gasteiger partial charge in [0, 0.05) is 18.0 Å². The number of thiazole rings is 1. The van der Waals surface area contributed by atoms with Gasteiger partial charge in [-0.2, -0.15) is 0 Å². The van der Waals surface area contributed by atoms with E-state index < -0.39 is 0 Å². The highest BCUT2D eigenvalue weighted by Gasteiger charge is 2.08. The van der Waals surface area contributed by atoms with E-state index in [4.69, 9.17) is 0 Å². The molecule has 2 aromatic heterocycles. The number of hydrogen-bond acceptors (Lipinski definition) is 4. The minimum Gasteiger partial charge on any atom is -0.331 e. The molecule has 1 aromatic carbocycles. The van der Waals surface area contributed by atoms with Crippen LogP contribution >= 0.6 is 11.3 Å². The standard InChI is InChI=1S/C13H11N3OS/c1-8-14-11-5-9(3-4-12(11)16(8)2)13-15-10(6-17)7-18-13/h3-7H,1-2H3. The molecule has 4 nitrogen and oxygen atoms in total. The highest BCUT2D eigenvalue weighted by Crippen LogP contribution is 2.26. The summed E-state index contributed by atoms with van der Waals surface area (Å²) in [5, 5.41) is 2.61.